The molecule has 0 radical (unpaired) electrons. The largest absolute Gasteiger partial charge is 0.497 e. The highest BCUT2D eigenvalue weighted by Gasteiger charge is 2.19. The number of benzene rings is 1. The van der Waals surface area contributed by atoms with Gasteiger partial charge < -0.3 is 9.64 Å². The molecule has 0 N–H and O–H groups in total. The van der Waals surface area contributed by atoms with Crippen LogP contribution in [0.15, 0.2) is 41.8 Å². The quantitative estimate of drug-likeness (QED) is 0.770. The van der Waals surface area contributed by atoms with E-state index in [0.29, 0.717) is 0 Å². The van der Waals surface area contributed by atoms with E-state index in [9.17, 15) is 4.79 Å². The molecule has 0 spiro atoms. The molecule has 0 aliphatic carbocycles. The number of nitrogens with zero attached hydrogens (tertiary/aromatic N) is 2. The molecule has 1 aromatic heterocycles. The Balaban J connectivity index is 1.48. The number of carbonyl (C=O) groups is 1. The van der Waals surface area contributed by atoms with Crippen molar-refractivity contribution in [1.82, 2.24) is 9.80 Å². The van der Waals surface area contributed by atoms with Gasteiger partial charge in [0.15, 0.2) is 0 Å². The van der Waals surface area contributed by atoms with Crippen LogP contribution in [0.2, 0.25) is 0 Å². The predicted molar refractivity (Wildman–Crippen MR) is 103 cm³/mol. The van der Waals surface area contributed by atoms with Crippen LogP contribution in [-0.2, 0) is 11.3 Å². The number of ether oxygens (including phenoxy) is 1. The predicted octanol–water partition coefficient (Wildman–Crippen LogP) is 3.42. The molecule has 3 rings (SSSR count). The Morgan fingerprint density at radius 1 is 1.16 bits per heavy atom. The average molecular weight is 356 g/mol. The highest BCUT2D eigenvalue weighted by molar-refractivity contribution is 7.11. The lowest BCUT2D eigenvalue weighted by molar-refractivity contribution is -0.127. The van der Waals surface area contributed by atoms with E-state index in [0.717, 1.165) is 43.4 Å². The van der Waals surface area contributed by atoms with Crippen molar-refractivity contribution in [1.29, 1.82) is 0 Å². The fourth-order valence-electron chi connectivity index (χ4n) is 2.92. The van der Waals surface area contributed by atoms with Gasteiger partial charge >= 0.3 is 0 Å². The monoisotopic (exact) mass is 356 g/mol. The van der Waals surface area contributed by atoms with Crippen LogP contribution < -0.4 is 4.74 Å². The van der Waals surface area contributed by atoms with Gasteiger partial charge in [0.2, 0.25) is 5.91 Å². The Morgan fingerprint density at radius 3 is 2.48 bits per heavy atom. The van der Waals surface area contributed by atoms with Gasteiger partial charge in [-0.3, -0.25) is 9.69 Å². The van der Waals surface area contributed by atoms with E-state index < -0.39 is 0 Å². The van der Waals surface area contributed by atoms with E-state index in [2.05, 4.69) is 35.4 Å². The molecule has 2 heterocycles. The smallest absolute Gasteiger partial charge is 0.246 e. The van der Waals surface area contributed by atoms with Gasteiger partial charge in [0.05, 0.1) is 7.11 Å². The maximum Gasteiger partial charge on any atom is 0.246 e. The molecule has 1 amide bonds. The Hall–Kier alpha value is -2.11. The van der Waals surface area contributed by atoms with E-state index in [4.69, 9.17) is 4.74 Å². The molecule has 1 fully saturated rings. The van der Waals surface area contributed by atoms with Gasteiger partial charge in [-0.25, -0.2) is 0 Å². The molecular formula is C20H24N2O2S. The average Bonchev–Trinajstić information content (AvgIpc) is 3.06. The normalized spacial score (nSPS) is 15.7. The number of piperazine rings is 1. The van der Waals surface area contributed by atoms with Crippen molar-refractivity contribution in [2.75, 3.05) is 33.3 Å². The van der Waals surface area contributed by atoms with Gasteiger partial charge in [-0.05, 0) is 47.7 Å². The number of hydrogen-bond acceptors (Lipinski definition) is 4. The number of carbonyl (C=O) groups excluding carboxylic acids is 1. The Kier molecular flexibility index (Phi) is 5.89. The fraction of sp³-hybridized carbons (Fsp3) is 0.350. The molecule has 1 aliphatic heterocycles. The van der Waals surface area contributed by atoms with Gasteiger partial charge in [-0.1, -0.05) is 12.1 Å². The summed E-state index contributed by atoms with van der Waals surface area (Å²) < 4.78 is 5.19. The van der Waals surface area contributed by atoms with Crippen LogP contribution in [0.4, 0.5) is 0 Å². The Bertz CT molecular complexity index is 728. The van der Waals surface area contributed by atoms with Crippen LogP contribution in [-0.4, -0.2) is 49.0 Å². The number of aryl methyl sites for hydroxylation is 1. The molecule has 1 aromatic carbocycles. The molecule has 5 heteroatoms. The van der Waals surface area contributed by atoms with Crippen LogP contribution in [0.3, 0.4) is 0 Å². The lowest BCUT2D eigenvalue weighted by atomic mass is 10.2. The van der Waals surface area contributed by atoms with Crippen LogP contribution in [0.1, 0.15) is 16.0 Å². The van der Waals surface area contributed by atoms with Crippen molar-refractivity contribution in [2.24, 2.45) is 0 Å². The first-order valence-electron chi connectivity index (χ1n) is 8.52. The second kappa shape index (κ2) is 8.32. The first kappa shape index (κ1) is 17.7. The summed E-state index contributed by atoms with van der Waals surface area (Å²) in [5.74, 6) is 0.990. The van der Waals surface area contributed by atoms with Crippen molar-refractivity contribution in [3.8, 4) is 5.75 Å². The highest BCUT2D eigenvalue weighted by Crippen LogP contribution is 2.18. The summed E-state index contributed by atoms with van der Waals surface area (Å²) in [7, 11) is 1.68. The minimum absolute atomic E-state index is 0.108. The molecule has 4 nitrogen and oxygen atoms in total. The zero-order valence-electron chi connectivity index (χ0n) is 14.8. The van der Waals surface area contributed by atoms with Crippen LogP contribution in [0.25, 0.3) is 6.08 Å². The lowest BCUT2D eigenvalue weighted by Gasteiger charge is -2.34. The van der Waals surface area contributed by atoms with E-state index in [1.54, 1.807) is 24.5 Å². The molecule has 132 valence electrons. The lowest BCUT2D eigenvalue weighted by Crippen LogP contribution is -2.47. The summed E-state index contributed by atoms with van der Waals surface area (Å²) in [5.41, 5.74) is 2.49. The maximum atomic E-state index is 12.4. The number of thiophene rings is 1. The van der Waals surface area contributed by atoms with Crippen LogP contribution >= 0.6 is 11.3 Å². The van der Waals surface area contributed by atoms with E-state index in [-0.39, 0.29) is 5.91 Å². The second-order valence-corrected chi connectivity index (χ2v) is 7.20. The number of amides is 1. The molecule has 0 unspecified atom stereocenters. The SMILES string of the molecule is COc1ccc(CN2CCN(C(=O)/C=C/c3sccc3C)CC2)cc1. The van der Waals surface area contributed by atoms with Crippen LogP contribution in [0, 0.1) is 6.92 Å². The molecule has 0 saturated carbocycles. The van der Waals surface area contributed by atoms with Crippen molar-refractivity contribution < 1.29 is 9.53 Å². The molecule has 25 heavy (non-hydrogen) atoms. The summed E-state index contributed by atoms with van der Waals surface area (Å²) in [5, 5.41) is 2.05. The zero-order chi connectivity index (χ0) is 17.6. The summed E-state index contributed by atoms with van der Waals surface area (Å²) in [4.78, 5) is 17.8. The minimum atomic E-state index is 0.108. The van der Waals surface area contributed by atoms with E-state index in [1.165, 1.54) is 11.1 Å². The van der Waals surface area contributed by atoms with E-state index >= 15 is 0 Å². The molecule has 0 bridgehead atoms. The molecule has 1 saturated heterocycles. The first-order valence-corrected chi connectivity index (χ1v) is 9.40. The highest BCUT2D eigenvalue weighted by atomic mass is 32.1. The third-order valence-electron chi connectivity index (χ3n) is 4.53. The number of rotatable bonds is 5. The molecule has 0 atom stereocenters. The van der Waals surface area contributed by atoms with Crippen LogP contribution in [0.5, 0.6) is 5.75 Å². The van der Waals surface area contributed by atoms with Gasteiger partial charge in [-0.15, -0.1) is 11.3 Å². The fourth-order valence-corrected chi connectivity index (χ4v) is 3.74. The molecule has 1 aliphatic rings. The summed E-state index contributed by atoms with van der Waals surface area (Å²) in [6.07, 6.45) is 3.64. The van der Waals surface area contributed by atoms with Gasteiger partial charge in [-0.2, -0.15) is 0 Å². The second-order valence-electron chi connectivity index (χ2n) is 6.25. The molecular weight excluding hydrogens is 332 g/mol. The maximum absolute atomic E-state index is 12.4. The van der Waals surface area contributed by atoms with Gasteiger partial charge in [0.1, 0.15) is 5.75 Å². The standard InChI is InChI=1S/C20H24N2O2S/c1-16-9-14-25-19(16)7-8-20(23)22-12-10-21(11-13-22)15-17-3-5-18(24-2)6-4-17/h3-9,14H,10-13,15H2,1-2H3/b8-7+. The van der Waals surface area contributed by atoms with Gasteiger partial charge in [0.25, 0.3) is 0 Å². The third kappa shape index (κ3) is 4.71. The third-order valence-corrected chi connectivity index (χ3v) is 5.51. The van der Waals surface area contributed by atoms with Gasteiger partial charge in [0, 0.05) is 43.7 Å². The van der Waals surface area contributed by atoms with Crippen molar-refractivity contribution in [2.45, 2.75) is 13.5 Å². The molecule has 2 aromatic rings. The topological polar surface area (TPSA) is 32.8 Å². The van der Waals surface area contributed by atoms with Crippen molar-refractivity contribution >= 4 is 23.3 Å². The number of methoxy groups -OCH3 is 1. The van der Waals surface area contributed by atoms with Crippen molar-refractivity contribution in [3.63, 3.8) is 0 Å². The zero-order valence-corrected chi connectivity index (χ0v) is 15.6. The number of hydrogen-bond donors (Lipinski definition) is 0. The Labute approximate surface area is 153 Å². The first-order chi connectivity index (χ1) is 12.2. The summed E-state index contributed by atoms with van der Waals surface area (Å²) in [6, 6.07) is 10.3. The summed E-state index contributed by atoms with van der Waals surface area (Å²) >= 11 is 1.67. The van der Waals surface area contributed by atoms with E-state index in [1.807, 2.05) is 23.1 Å². The minimum Gasteiger partial charge on any atom is -0.497 e. The van der Waals surface area contributed by atoms with Crippen molar-refractivity contribution in [3.05, 3.63) is 57.8 Å². The Morgan fingerprint density at radius 2 is 1.88 bits per heavy atom. The summed E-state index contributed by atoms with van der Waals surface area (Å²) in [6.45, 7) is 6.35.